The predicted molar refractivity (Wildman–Crippen MR) is 75.1 cm³/mol. The van der Waals surface area contributed by atoms with Gasteiger partial charge >= 0.3 is 5.97 Å². The summed E-state index contributed by atoms with van der Waals surface area (Å²) in [7, 11) is 0. The van der Waals surface area contributed by atoms with Crippen LogP contribution in [0.1, 0.15) is 28.8 Å². The molecule has 2 saturated heterocycles. The van der Waals surface area contributed by atoms with Crippen LogP contribution >= 0.6 is 0 Å². The zero-order valence-corrected chi connectivity index (χ0v) is 11.5. The highest BCUT2D eigenvalue weighted by Gasteiger charge is 2.36. The second kappa shape index (κ2) is 4.81. The van der Waals surface area contributed by atoms with E-state index in [1.165, 1.54) is 0 Å². The van der Waals surface area contributed by atoms with Gasteiger partial charge in [0.15, 0.2) is 0 Å². The van der Waals surface area contributed by atoms with Gasteiger partial charge in [-0.05, 0) is 25.5 Å². The summed E-state index contributed by atoms with van der Waals surface area (Å²) in [5.74, 6) is -0.661. The monoisotopic (exact) mass is 274 g/mol. The third-order valence-electron chi connectivity index (χ3n) is 4.22. The Balaban J connectivity index is 1.87. The Hall–Kier alpha value is -2.04. The highest BCUT2D eigenvalue weighted by molar-refractivity contribution is 5.94. The van der Waals surface area contributed by atoms with Gasteiger partial charge in [-0.3, -0.25) is 4.79 Å². The van der Waals surface area contributed by atoms with Crippen molar-refractivity contribution in [2.45, 2.75) is 25.8 Å². The average Bonchev–Trinajstić information content (AvgIpc) is 2.80. The van der Waals surface area contributed by atoms with Gasteiger partial charge in [-0.15, -0.1) is 0 Å². The molecule has 0 aromatic heterocycles. The third-order valence-corrected chi connectivity index (χ3v) is 4.22. The van der Waals surface area contributed by atoms with Crippen molar-refractivity contribution in [2.75, 3.05) is 24.5 Å². The van der Waals surface area contributed by atoms with Crippen molar-refractivity contribution in [2.24, 2.45) is 0 Å². The average molecular weight is 274 g/mol. The summed E-state index contributed by atoms with van der Waals surface area (Å²) in [6.45, 7) is 4.01. The van der Waals surface area contributed by atoms with E-state index in [4.69, 9.17) is 0 Å². The van der Waals surface area contributed by atoms with E-state index in [1.54, 1.807) is 6.07 Å². The molecule has 3 rings (SSSR count). The lowest BCUT2D eigenvalue weighted by molar-refractivity contribution is -0.129. The number of rotatable bonds is 2. The zero-order valence-electron chi connectivity index (χ0n) is 11.5. The molecule has 1 aromatic carbocycles. The highest BCUT2D eigenvalue weighted by atomic mass is 16.4. The summed E-state index contributed by atoms with van der Waals surface area (Å²) >= 11 is 0. The Morgan fingerprint density at radius 2 is 2.15 bits per heavy atom. The number of carbonyl (C=O) groups is 2. The van der Waals surface area contributed by atoms with Crippen LogP contribution < -0.4 is 4.90 Å². The first-order valence-corrected chi connectivity index (χ1v) is 6.94. The first-order chi connectivity index (χ1) is 9.56. The first kappa shape index (κ1) is 13.0. The Bertz CT molecular complexity index is 570. The van der Waals surface area contributed by atoms with E-state index in [0.29, 0.717) is 25.1 Å². The Morgan fingerprint density at radius 1 is 1.35 bits per heavy atom. The fraction of sp³-hybridized carbons (Fsp3) is 0.467. The topological polar surface area (TPSA) is 60.9 Å². The summed E-state index contributed by atoms with van der Waals surface area (Å²) in [4.78, 5) is 27.1. The van der Waals surface area contributed by atoms with E-state index in [2.05, 4.69) is 4.90 Å². The number of fused-ring (bicyclic) bond motifs is 1. The minimum absolute atomic E-state index is 0.233. The van der Waals surface area contributed by atoms with E-state index < -0.39 is 5.97 Å². The maximum Gasteiger partial charge on any atom is 0.337 e. The number of hydrogen-bond acceptors (Lipinski definition) is 3. The largest absolute Gasteiger partial charge is 0.478 e. The predicted octanol–water partition coefficient (Wildman–Crippen LogP) is 1.50. The number of hydrogen-bond donors (Lipinski definition) is 1. The smallest absolute Gasteiger partial charge is 0.337 e. The molecule has 1 N–H and O–H groups in total. The molecule has 20 heavy (non-hydrogen) atoms. The number of carbonyl (C=O) groups excluding carboxylic acids is 1. The third kappa shape index (κ3) is 2.13. The maximum atomic E-state index is 11.7. The molecule has 1 atom stereocenters. The van der Waals surface area contributed by atoms with Gasteiger partial charge in [-0.1, -0.05) is 11.6 Å². The number of nitrogens with zero attached hydrogens (tertiary/aromatic N) is 2. The second-order valence-electron chi connectivity index (χ2n) is 5.55. The van der Waals surface area contributed by atoms with Gasteiger partial charge in [0, 0.05) is 32.1 Å². The van der Waals surface area contributed by atoms with Crippen LogP contribution in [0.25, 0.3) is 0 Å². The van der Waals surface area contributed by atoms with Crippen molar-refractivity contribution >= 4 is 17.6 Å². The molecule has 0 radical (unpaired) electrons. The summed E-state index contributed by atoms with van der Waals surface area (Å²) in [5, 5.41) is 9.36. The molecular formula is C15H18N2O3. The molecule has 2 aliphatic heterocycles. The van der Waals surface area contributed by atoms with Gasteiger partial charge in [0.25, 0.3) is 0 Å². The number of benzene rings is 1. The molecule has 0 saturated carbocycles. The number of carboxylic acids is 1. The number of carboxylic acid groups (broad SMARTS) is 1. The van der Waals surface area contributed by atoms with Crippen LogP contribution in [0.2, 0.25) is 0 Å². The summed E-state index contributed by atoms with van der Waals surface area (Å²) in [6, 6.07) is 5.77. The minimum Gasteiger partial charge on any atom is -0.478 e. The van der Waals surface area contributed by atoms with Crippen LogP contribution in [0.15, 0.2) is 18.2 Å². The van der Waals surface area contributed by atoms with Crippen molar-refractivity contribution < 1.29 is 14.7 Å². The molecule has 1 aromatic rings. The number of aromatic carboxylic acids is 1. The minimum atomic E-state index is -0.895. The summed E-state index contributed by atoms with van der Waals surface area (Å²) in [5.41, 5.74) is 2.06. The molecular weight excluding hydrogens is 256 g/mol. The Labute approximate surface area is 117 Å². The number of amides is 1. The van der Waals surface area contributed by atoms with Crippen molar-refractivity contribution in [3.63, 3.8) is 0 Å². The van der Waals surface area contributed by atoms with Gasteiger partial charge < -0.3 is 14.9 Å². The van der Waals surface area contributed by atoms with Crippen LogP contribution in [0.5, 0.6) is 0 Å². The molecule has 2 heterocycles. The lowest BCUT2D eigenvalue weighted by Crippen LogP contribution is -2.51. The van der Waals surface area contributed by atoms with E-state index in [9.17, 15) is 14.7 Å². The number of anilines is 1. The zero-order chi connectivity index (χ0) is 14.3. The van der Waals surface area contributed by atoms with Crippen LogP contribution in [0.3, 0.4) is 0 Å². The standard InChI is InChI=1S/C15H18N2O3/c1-10-2-4-13(12(8-10)15(19)20)16-6-7-17-11(9-16)3-5-14(17)18/h2,4,8,11H,3,5-7,9H2,1H3,(H,19,20). The van der Waals surface area contributed by atoms with Crippen molar-refractivity contribution in [3.05, 3.63) is 29.3 Å². The first-order valence-electron chi connectivity index (χ1n) is 6.94. The lowest BCUT2D eigenvalue weighted by Gasteiger charge is -2.39. The molecule has 0 spiro atoms. The van der Waals surface area contributed by atoms with E-state index in [0.717, 1.165) is 24.2 Å². The fourth-order valence-corrected chi connectivity index (χ4v) is 3.18. The van der Waals surface area contributed by atoms with Gasteiger partial charge in [-0.25, -0.2) is 4.79 Å². The van der Waals surface area contributed by atoms with Gasteiger partial charge in [-0.2, -0.15) is 0 Å². The quantitative estimate of drug-likeness (QED) is 0.888. The van der Waals surface area contributed by atoms with E-state index >= 15 is 0 Å². The van der Waals surface area contributed by atoms with Crippen molar-refractivity contribution in [1.82, 2.24) is 4.90 Å². The molecule has 1 amide bonds. The highest BCUT2D eigenvalue weighted by Crippen LogP contribution is 2.29. The van der Waals surface area contributed by atoms with Crippen LogP contribution in [0, 0.1) is 6.92 Å². The van der Waals surface area contributed by atoms with Gasteiger partial charge in [0.05, 0.1) is 11.3 Å². The molecule has 1 unspecified atom stereocenters. The number of piperazine rings is 1. The molecule has 0 aliphatic carbocycles. The molecule has 5 nitrogen and oxygen atoms in total. The molecule has 2 fully saturated rings. The molecule has 0 bridgehead atoms. The molecule has 2 aliphatic rings. The lowest BCUT2D eigenvalue weighted by atomic mass is 10.1. The normalized spacial score (nSPS) is 22.1. The van der Waals surface area contributed by atoms with Crippen molar-refractivity contribution in [1.29, 1.82) is 0 Å². The Morgan fingerprint density at radius 3 is 2.90 bits per heavy atom. The van der Waals surface area contributed by atoms with Gasteiger partial charge in [0.1, 0.15) is 0 Å². The van der Waals surface area contributed by atoms with Crippen LogP contribution in [-0.4, -0.2) is 47.6 Å². The molecule has 5 heteroatoms. The van der Waals surface area contributed by atoms with Crippen molar-refractivity contribution in [3.8, 4) is 0 Å². The van der Waals surface area contributed by atoms with E-state index in [1.807, 2.05) is 24.0 Å². The van der Waals surface area contributed by atoms with Crippen LogP contribution in [-0.2, 0) is 4.79 Å². The van der Waals surface area contributed by atoms with Gasteiger partial charge in [0.2, 0.25) is 5.91 Å². The second-order valence-corrected chi connectivity index (χ2v) is 5.55. The number of aryl methyl sites for hydroxylation is 1. The Kier molecular flexibility index (Phi) is 3.12. The fourth-order valence-electron chi connectivity index (χ4n) is 3.18. The summed E-state index contributed by atoms with van der Waals surface area (Å²) in [6.07, 6.45) is 1.50. The summed E-state index contributed by atoms with van der Waals surface area (Å²) < 4.78 is 0. The van der Waals surface area contributed by atoms with Crippen LogP contribution in [0.4, 0.5) is 5.69 Å². The van der Waals surface area contributed by atoms with E-state index in [-0.39, 0.29) is 11.9 Å². The molecule has 106 valence electrons. The maximum absolute atomic E-state index is 11.7. The SMILES string of the molecule is Cc1ccc(N2CCN3C(=O)CCC3C2)c(C(=O)O)c1.